The molecule has 0 unspecified atom stereocenters. The van der Waals surface area contributed by atoms with Crippen molar-refractivity contribution in [2.45, 2.75) is 6.92 Å². The Kier molecular flexibility index (Phi) is 5.81. The number of benzene rings is 1. The van der Waals surface area contributed by atoms with Gasteiger partial charge in [-0.2, -0.15) is 0 Å². The topological polar surface area (TPSA) is 102 Å². The van der Waals surface area contributed by atoms with Crippen molar-refractivity contribution in [1.29, 1.82) is 0 Å². The fourth-order valence-corrected chi connectivity index (χ4v) is 2.72. The van der Waals surface area contributed by atoms with E-state index in [0.717, 1.165) is 0 Å². The Hall–Kier alpha value is -3.52. The van der Waals surface area contributed by atoms with Gasteiger partial charge in [0, 0.05) is 31.1 Å². The minimum atomic E-state index is -0.488. The molecule has 2 aromatic heterocycles. The summed E-state index contributed by atoms with van der Waals surface area (Å²) < 4.78 is 6.47. The second kappa shape index (κ2) is 8.45. The van der Waals surface area contributed by atoms with E-state index in [0.29, 0.717) is 29.9 Å². The van der Waals surface area contributed by atoms with Crippen LogP contribution in [0.25, 0.3) is 5.52 Å². The normalized spacial score (nSPS) is 10.6. The molecule has 1 aromatic carbocycles. The van der Waals surface area contributed by atoms with Crippen molar-refractivity contribution in [1.82, 2.24) is 14.7 Å². The van der Waals surface area contributed by atoms with E-state index in [1.807, 2.05) is 0 Å². The van der Waals surface area contributed by atoms with Crippen LogP contribution in [-0.4, -0.2) is 47.2 Å². The smallest absolute Gasteiger partial charge is 0.292 e. The monoisotopic (exact) mass is 380 g/mol. The van der Waals surface area contributed by atoms with Crippen molar-refractivity contribution < 1.29 is 19.1 Å². The van der Waals surface area contributed by atoms with E-state index in [-0.39, 0.29) is 17.3 Å². The summed E-state index contributed by atoms with van der Waals surface area (Å²) in [5, 5.41) is 5.43. The van der Waals surface area contributed by atoms with Crippen molar-refractivity contribution >= 4 is 28.8 Å². The number of ketones is 1. The third-order valence-corrected chi connectivity index (χ3v) is 4.09. The lowest BCUT2D eigenvalue weighted by Gasteiger charge is -2.05. The summed E-state index contributed by atoms with van der Waals surface area (Å²) in [6, 6.07) is 11.9. The van der Waals surface area contributed by atoms with Gasteiger partial charge in [-0.05, 0) is 31.2 Å². The number of pyridine rings is 1. The first-order valence-electron chi connectivity index (χ1n) is 8.68. The molecule has 0 aliphatic rings. The van der Waals surface area contributed by atoms with E-state index in [1.165, 1.54) is 6.92 Å². The zero-order valence-electron chi connectivity index (χ0n) is 15.6. The summed E-state index contributed by atoms with van der Waals surface area (Å²) >= 11 is 0. The van der Waals surface area contributed by atoms with Crippen LogP contribution in [0.5, 0.6) is 0 Å². The predicted octanol–water partition coefficient (Wildman–Crippen LogP) is 2.17. The molecule has 0 bridgehead atoms. The number of anilines is 1. The van der Waals surface area contributed by atoms with Gasteiger partial charge in [-0.15, -0.1) is 0 Å². The number of amides is 2. The maximum absolute atomic E-state index is 12.8. The van der Waals surface area contributed by atoms with Gasteiger partial charge in [-0.3, -0.25) is 18.8 Å². The molecule has 2 heterocycles. The fourth-order valence-electron chi connectivity index (χ4n) is 2.72. The number of ether oxygens (including phenoxy) is 1. The zero-order chi connectivity index (χ0) is 20.1. The second-order valence-corrected chi connectivity index (χ2v) is 6.08. The molecular formula is C20H20N4O4. The summed E-state index contributed by atoms with van der Waals surface area (Å²) in [6.07, 6.45) is 1.66. The Balaban J connectivity index is 1.90. The molecule has 0 saturated heterocycles. The number of Topliss-reactive ketones (excluding diaryl/α,β-unsaturated/α-hetero) is 1. The Morgan fingerprint density at radius 2 is 1.93 bits per heavy atom. The van der Waals surface area contributed by atoms with Gasteiger partial charge in [0.25, 0.3) is 11.8 Å². The molecular weight excluding hydrogens is 360 g/mol. The molecule has 0 aliphatic carbocycles. The number of rotatable bonds is 7. The molecule has 2 amide bonds. The lowest BCUT2D eigenvalue weighted by atomic mass is 10.1. The number of fused-ring (bicyclic) bond motifs is 1. The van der Waals surface area contributed by atoms with Crippen LogP contribution in [0.3, 0.4) is 0 Å². The highest BCUT2D eigenvalue weighted by molar-refractivity contribution is 6.06. The molecule has 28 heavy (non-hydrogen) atoms. The van der Waals surface area contributed by atoms with E-state index >= 15 is 0 Å². The van der Waals surface area contributed by atoms with Crippen LogP contribution in [-0.2, 0) is 4.74 Å². The number of carbonyl (C=O) groups is 3. The van der Waals surface area contributed by atoms with Crippen LogP contribution in [0.4, 0.5) is 5.69 Å². The maximum Gasteiger partial charge on any atom is 0.292 e. The molecule has 3 aromatic rings. The van der Waals surface area contributed by atoms with E-state index in [2.05, 4.69) is 15.6 Å². The molecule has 0 fully saturated rings. The summed E-state index contributed by atoms with van der Waals surface area (Å²) in [7, 11) is 1.54. The van der Waals surface area contributed by atoms with E-state index in [1.54, 1.807) is 60.2 Å². The largest absolute Gasteiger partial charge is 0.383 e. The number of carbonyl (C=O) groups excluding carboxylic acids is 3. The molecule has 0 saturated carbocycles. The highest BCUT2D eigenvalue weighted by Gasteiger charge is 2.21. The van der Waals surface area contributed by atoms with Crippen LogP contribution in [0.2, 0.25) is 0 Å². The fraction of sp³-hybridized carbons (Fsp3) is 0.200. The van der Waals surface area contributed by atoms with Gasteiger partial charge < -0.3 is 15.4 Å². The van der Waals surface area contributed by atoms with Gasteiger partial charge in [0.15, 0.2) is 11.5 Å². The van der Waals surface area contributed by atoms with Crippen molar-refractivity contribution in [2.75, 3.05) is 25.6 Å². The number of nitrogens with zero attached hydrogens (tertiary/aromatic N) is 2. The van der Waals surface area contributed by atoms with Crippen LogP contribution in [0, 0.1) is 0 Å². The third-order valence-electron chi connectivity index (χ3n) is 4.09. The average Bonchev–Trinajstić information content (AvgIpc) is 3.08. The van der Waals surface area contributed by atoms with E-state index < -0.39 is 11.8 Å². The third kappa shape index (κ3) is 4.07. The molecule has 144 valence electrons. The highest BCUT2D eigenvalue weighted by Crippen LogP contribution is 2.16. The Bertz CT molecular complexity index is 1040. The number of methoxy groups -OCH3 is 1. The van der Waals surface area contributed by atoms with Gasteiger partial charge in [0.1, 0.15) is 0 Å². The van der Waals surface area contributed by atoms with Crippen LogP contribution >= 0.6 is 0 Å². The molecule has 8 nitrogen and oxygen atoms in total. The Labute approximate surface area is 161 Å². The van der Waals surface area contributed by atoms with E-state index in [4.69, 9.17) is 4.74 Å². The van der Waals surface area contributed by atoms with Gasteiger partial charge in [-0.1, -0.05) is 18.2 Å². The van der Waals surface area contributed by atoms with Gasteiger partial charge in [-0.25, -0.2) is 4.98 Å². The molecule has 2 N–H and O–H groups in total. The van der Waals surface area contributed by atoms with Gasteiger partial charge >= 0.3 is 0 Å². The minimum absolute atomic E-state index is 0.0701. The summed E-state index contributed by atoms with van der Waals surface area (Å²) in [5.41, 5.74) is 1.62. The number of imidazole rings is 1. The maximum atomic E-state index is 12.8. The number of hydrogen-bond donors (Lipinski definition) is 2. The molecule has 3 rings (SSSR count). The van der Waals surface area contributed by atoms with Crippen LogP contribution in [0.1, 0.15) is 38.4 Å². The molecule has 0 spiro atoms. The van der Waals surface area contributed by atoms with Gasteiger partial charge in [0.2, 0.25) is 5.82 Å². The van der Waals surface area contributed by atoms with Gasteiger partial charge in [0.05, 0.1) is 12.1 Å². The summed E-state index contributed by atoms with van der Waals surface area (Å²) in [5.74, 6) is -0.908. The first kappa shape index (κ1) is 19.2. The predicted molar refractivity (Wildman–Crippen MR) is 104 cm³/mol. The van der Waals surface area contributed by atoms with Crippen LogP contribution in [0.15, 0.2) is 48.7 Å². The molecule has 0 aliphatic heterocycles. The Morgan fingerprint density at radius 3 is 2.68 bits per heavy atom. The number of aromatic nitrogens is 2. The standard InChI is InChI=1S/C20H20N4O4/c1-13(25)14-6-5-7-15(12-14)22-20(27)18-23-17(19(26)21-9-11-28-2)16-8-3-4-10-24(16)18/h3-8,10,12H,9,11H2,1-2H3,(H,21,26)(H,22,27). The minimum Gasteiger partial charge on any atom is -0.383 e. The molecule has 8 heteroatoms. The first-order chi connectivity index (χ1) is 13.5. The molecule has 0 radical (unpaired) electrons. The lowest BCUT2D eigenvalue weighted by molar-refractivity contribution is 0.0933. The Morgan fingerprint density at radius 1 is 1.11 bits per heavy atom. The second-order valence-electron chi connectivity index (χ2n) is 6.08. The quantitative estimate of drug-likeness (QED) is 0.483. The summed E-state index contributed by atoms with van der Waals surface area (Å²) in [4.78, 5) is 41.0. The average molecular weight is 380 g/mol. The summed E-state index contributed by atoms with van der Waals surface area (Å²) in [6.45, 7) is 2.16. The van der Waals surface area contributed by atoms with Crippen molar-refractivity contribution in [3.05, 3.63) is 65.7 Å². The first-order valence-corrected chi connectivity index (χ1v) is 8.68. The highest BCUT2D eigenvalue weighted by atomic mass is 16.5. The number of hydrogen-bond acceptors (Lipinski definition) is 5. The van der Waals surface area contributed by atoms with Crippen molar-refractivity contribution in [3.63, 3.8) is 0 Å². The van der Waals surface area contributed by atoms with Crippen LogP contribution < -0.4 is 10.6 Å². The van der Waals surface area contributed by atoms with Crippen molar-refractivity contribution in [2.24, 2.45) is 0 Å². The van der Waals surface area contributed by atoms with Crippen molar-refractivity contribution in [3.8, 4) is 0 Å². The van der Waals surface area contributed by atoms with E-state index in [9.17, 15) is 14.4 Å². The number of nitrogens with one attached hydrogen (secondary N) is 2. The molecule has 0 atom stereocenters. The SMILES string of the molecule is COCCNC(=O)c1nc(C(=O)Nc2cccc(C(C)=O)c2)n2ccccc12. The lowest BCUT2D eigenvalue weighted by Crippen LogP contribution is -2.27. The zero-order valence-corrected chi connectivity index (χ0v) is 15.6.